The largest absolute Gasteiger partial charge is 0.369 e. The summed E-state index contributed by atoms with van der Waals surface area (Å²) in [5, 5.41) is 0.814. The summed E-state index contributed by atoms with van der Waals surface area (Å²) >= 11 is 1.25. The van der Waals surface area contributed by atoms with Crippen molar-refractivity contribution < 1.29 is 14.0 Å². The first kappa shape index (κ1) is 23.7. The van der Waals surface area contributed by atoms with Crippen LogP contribution < -0.4 is 11.3 Å². The van der Waals surface area contributed by atoms with Crippen LogP contribution in [-0.2, 0) is 17.1 Å². The molecular formula is C25H25FN4O3S. The van der Waals surface area contributed by atoms with Gasteiger partial charge in [0.2, 0.25) is 5.91 Å². The van der Waals surface area contributed by atoms with Crippen LogP contribution in [0.4, 0.5) is 4.39 Å². The third kappa shape index (κ3) is 4.89. The van der Waals surface area contributed by atoms with Gasteiger partial charge in [0.05, 0.1) is 10.9 Å². The van der Waals surface area contributed by atoms with E-state index < -0.39 is 0 Å². The molecule has 0 bridgehead atoms. The maximum absolute atomic E-state index is 14.1. The van der Waals surface area contributed by atoms with E-state index in [1.54, 1.807) is 47.4 Å². The minimum absolute atomic E-state index is 0.178. The molecule has 1 fully saturated rings. The normalized spacial score (nSPS) is 14.3. The number of likely N-dealkylation sites (tertiary alicyclic amines) is 1. The molecule has 1 saturated heterocycles. The molecule has 4 rings (SSSR count). The van der Waals surface area contributed by atoms with E-state index >= 15 is 0 Å². The number of nitrogens with two attached hydrogens (primary N) is 1. The van der Waals surface area contributed by atoms with E-state index in [2.05, 4.69) is 11.6 Å². The SMILES string of the molecule is C=CCn1c(SCc2ccccc2F)nc2cc(C(=O)N3CCC(C(N)=O)CC3)ccc2c1=O. The first-order valence-electron chi connectivity index (χ1n) is 11.0. The highest BCUT2D eigenvalue weighted by atomic mass is 32.2. The summed E-state index contributed by atoms with van der Waals surface area (Å²) in [7, 11) is 0. The fraction of sp³-hybridized carbons (Fsp3) is 0.280. The molecule has 1 aromatic heterocycles. The van der Waals surface area contributed by atoms with Gasteiger partial charge in [0.25, 0.3) is 11.5 Å². The number of aromatic nitrogens is 2. The topological polar surface area (TPSA) is 98.3 Å². The zero-order valence-electron chi connectivity index (χ0n) is 18.6. The lowest BCUT2D eigenvalue weighted by molar-refractivity contribution is -0.123. The maximum Gasteiger partial charge on any atom is 0.262 e. The van der Waals surface area contributed by atoms with Crippen LogP contribution in [0.25, 0.3) is 10.9 Å². The van der Waals surface area contributed by atoms with E-state index in [-0.39, 0.29) is 35.7 Å². The molecule has 0 atom stereocenters. The van der Waals surface area contributed by atoms with Crippen LogP contribution in [0.1, 0.15) is 28.8 Å². The molecular weight excluding hydrogens is 455 g/mol. The average molecular weight is 481 g/mol. The lowest BCUT2D eigenvalue weighted by Gasteiger charge is -2.30. The molecule has 2 N–H and O–H groups in total. The van der Waals surface area contributed by atoms with Gasteiger partial charge in [-0.3, -0.25) is 19.0 Å². The number of carbonyl (C=O) groups is 2. The van der Waals surface area contributed by atoms with Crippen molar-refractivity contribution in [2.24, 2.45) is 11.7 Å². The quantitative estimate of drug-likeness (QED) is 0.318. The molecule has 0 saturated carbocycles. The van der Waals surface area contributed by atoms with Crippen LogP contribution in [0.15, 0.2) is 65.1 Å². The number of nitrogens with zero attached hydrogens (tertiary/aromatic N) is 3. The first-order chi connectivity index (χ1) is 16.4. The van der Waals surface area contributed by atoms with Crippen LogP contribution >= 0.6 is 11.8 Å². The lowest BCUT2D eigenvalue weighted by Crippen LogP contribution is -2.41. The Morgan fingerprint density at radius 3 is 2.62 bits per heavy atom. The number of thioether (sulfide) groups is 1. The van der Waals surface area contributed by atoms with Gasteiger partial charge < -0.3 is 10.6 Å². The third-order valence-corrected chi connectivity index (χ3v) is 7.00. The number of benzene rings is 2. The number of piperidine rings is 1. The Balaban J connectivity index is 1.64. The Kier molecular flexibility index (Phi) is 7.12. The van der Waals surface area contributed by atoms with Crippen LogP contribution in [-0.4, -0.2) is 39.4 Å². The second-order valence-corrected chi connectivity index (χ2v) is 9.12. The van der Waals surface area contributed by atoms with E-state index in [0.717, 1.165) is 0 Å². The van der Waals surface area contributed by atoms with Gasteiger partial charge in [-0.05, 0) is 42.7 Å². The standard InChI is InChI=1S/C25H25FN4O3S/c1-2-11-30-24(33)19-8-7-17(23(32)29-12-9-16(10-13-29)22(27)31)14-21(19)28-25(30)34-15-18-5-3-4-6-20(18)26/h2-8,14,16H,1,9-13,15H2,(H2,27,31). The molecule has 1 aliphatic heterocycles. The van der Waals surface area contributed by atoms with Gasteiger partial charge in [-0.1, -0.05) is 36.0 Å². The predicted octanol–water partition coefficient (Wildman–Crippen LogP) is 3.35. The zero-order valence-corrected chi connectivity index (χ0v) is 19.4. The Hall–Kier alpha value is -3.46. The molecule has 2 heterocycles. The molecule has 7 nitrogen and oxygen atoms in total. The summed E-state index contributed by atoms with van der Waals surface area (Å²) in [6.45, 7) is 4.87. The number of hydrogen-bond donors (Lipinski definition) is 1. The molecule has 0 spiro atoms. The summed E-state index contributed by atoms with van der Waals surface area (Å²) in [5.41, 5.74) is 6.47. The van der Waals surface area contributed by atoms with E-state index in [4.69, 9.17) is 5.73 Å². The lowest BCUT2D eigenvalue weighted by atomic mass is 9.96. The summed E-state index contributed by atoms with van der Waals surface area (Å²) in [4.78, 5) is 43.9. The van der Waals surface area contributed by atoms with Crippen molar-refractivity contribution in [1.29, 1.82) is 0 Å². The first-order valence-corrected chi connectivity index (χ1v) is 12.0. The van der Waals surface area contributed by atoms with Crippen molar-refractivity contribution in [2.45, 2.75) is 30.3 Å². The molecule has 3 aromatic rings. The summed E-state index contributed by atoms with van der Waals surface area (Å²) in [6, 6.07) is 11.3. The number of amides is 2. The molecule has 1 aliphatic rings. The van der Waals surface area contributed by atoms with Gasteiger partial charge in [-0.15, -0.1) is 6.58 Å². The van der Waals surface area contributed by atoms with Crippen molar-refractivity contribution in [3.8, 4) is 0 Å². The smallest absolute Gasteiger partial charge is 0.262 e. The van der Waals surface area contributed by atoms with Gasteiger partial charge in [0.15, 0.2) is 5.16 Å². The number of carbonyl (C=O) groups excluding carboxylic acids is 2. The fourth-order valence-electron chi connectivity index (χ4n) is 4.04. The summed E-state index contributed by atoms with van der Waals surface area (Å²) < 4.78 is 15.6. The Morgan fingerprint density at radius 1 is 1.21 bits per heavy atom. The molecule has 176 valence electrons. The molecule has 34 heavy (non-hydrogen) atoms. The average Bonchev–Trinajstić information content (AvgIpc) is 2.85. The molecule has 0 radical (unpaired) electrons. The molecule has 9 heteroatoms. The maximum atomic E-state index is 14.1. The van der Waals surface area contributed by atoms with Crippen LogP contribution in [0.2, 0.25) is 0 Å². The highest BCUT2D eigenvalue weighted by Gasteiger charge is 2.26. The van der Waals surface area contributed by atoms with Crippen molar-refractivity contribution >= 4 is 34.5 Å². The third-order valence-electron chi connectivity index (χ3n) is 5.98. The number of hydrogen-bond acceptors (Lipinski definition) is 5. The minimum Gasteiger partial charge on any atom is -0.369 e. The Labute approximate surface area is 200 Å². The van der Waals surface area contributed by atoms with E-state index in [9.17, 15) is 18.8 Å². The van der Waals surface area contributed by atoms with Gasteiger partial charge in [-0.25, -0.2) is 9.37 Å². The number of primary amides is 1. The fourth-order valence-corrected chi connectivity index (χ4v) is 5.04. The second kappa shape index (κ2) is 10.2. The van der Waals surface area contributed by atoms with E-state index in [0.29, 0.717) is 58.9 Å². The monoisotopic (exact) mass is 480 g/mol. The molecule has 0 aliphatic carbocycles. The van der Waals surface area contributed by atoms with Gasteiger partial charge >= 0.3 is 0 Å². The van der Waals surface area contributed by atoms with Crippen LogP contribution in [0.5, 0.6) is 0 Å². The number of allylic oxidation sites excluding steroid dienone is 1. The van der Waals surface area contributed by atoms with Crippen molar-refractivity contribution in [3.05, 3.63) is 82.4 Å². The van der Waals surface area contributed by atoms with Gasteiger partial charge in [0.1, 0.15) is 5.82 Å². The zero-order chi connectivity index (χ0) is 24.2. The highest BCUT2D eigenvalue weighted by Crippen LogP contribution is 2.25. The second-order valence-electron chi connectivity index (χ2n) is 8.18. The van der Waals surface area contributed by atoms with Crippen LogP contribution in [0, 0.1) is 11.7 Å². The Morgan fingerprint density at radius 2 is 1.94 bits per heavy atom. The van der Waals surface area contributed by atoms with Gasteiger partial charge in [0, 0.05) is 36.9 Å². The minimum atomic E-state index is -0.335. The van der Waals surface area contributed by atoms with Crippen molar-refractivity contribution in [3.63, 3.8) is 0 Å². The van der Waals surface area contributed by atoms with E-state index in [1.807, 2.05) is 0 Å². The van der Waals surface area contributed by atoms with Crippen LogP contribution in [0.3, 0.4) is 0 Å². The number of halogens is 1. The van der Waals surface area contributed by atoms with Crippen molar-refractivity contribution in [2.75, 3.05) is 13.1 Å². The summed E-state index contributed by atoms with van der Waals surface area (Å²) in [5.74, 6) is -0.739. The molecule has 2 aromatic carbocycles. The number of fused-ring (bicyclic) bond motifs is 1. The number of rotatable bonds is 7. The predicted molar refractivity (Wildman–Crippen MR) is 130 cm³/mol. The van der Waals surface area contributed by atoms with Gasteiger partial charge in [-0.2, -0.15) is 0 Å². The van der Waals surface area contributed by atoms with E-state index in [1.165, 1.54) is 22.4 Å². The Bertz CT molecular complexity index is 1320. The van der Waals surface area contributed by atoms with Crippen molar-refractivity contribution in [1.82, 2.24) is 14.5 Å². The summed E-state index contributed by atoms with van der Waals surface area (Å²) in [6.07, 6.45) is 2.68. The molecule has 2 amide bonds. The highest BCUT2D eigenvalue weighted by molar-refractivity contribution is 7.98. The molecule has 0 unspecified atom stereocenters.